The summed E-state index contributed by atoms with van der Waals surface area (Å²) in [6, 6.07) is 10.5. The maximum atomic E-state index is 13.9. The van der Waals surface area contributed by atoms with E-state index in [9.17, 15) is 4.39 Å². The number of nitrogens with one attached hydrogen (secondary N) is 1. The molecular formula is C14H12BrFN2S2. The lowest BCUT2D eigenvalue weighted by molar-refractivity contribution is 0.631. The normalized spacial score (nSPS) is 10.3. The van der Waals surface area contributed by atoms with E-state index in [-0.39, 0.29) is 10.8 Å². The van der Waals surface area contributed by atoms with Gasteiger partial charge in [-0.1, -0.05) is 34.2 Å². The highest BCUT2D eigenvalue weighted by atomic mass is 79.9. The van der Waals surface area contributed by atoms with Crippen LogP contribution in [0.4, 0.5) is 15.8 Å². The maximum absolute atomic E-state index is 13.9. The monoisotopic (exact) mass is 370 g/mol. The molecule has 0 atom stereocenters. The number of thiocarbonyl (C=S) groups is 1. The van der Waals surface area contributed by atoms with Crippen LogP contribution in [0.3, 0.4) is 0 Å². The fraction of sp³-hybridized carbons (Fsp3) is 0.0714. The number of hydrogen-bond donors (Lipinski definition) is 2. The summed E-state index contributed by atoms with van der Waals surface area (Å²) in [5.74, 6) is -0.345. The molecule has 0 aliphatic heterocycles. The fourth-order valence-electron chi connectivity index (χ4n) is 1.80. The molecule has 0 fully saturated rings. The van der Waals surface area contributed by atoms with Gasteiger partial charge in [0.15, 0.2) is 0 Å². The molecule has 3 N–H and O–H groups in total. The van der Waals surface area contributed by atoms with Crippen molar-refractivity contribution >= 4 is 56.3 Å². The van der Waals surface area contributed by atoms with Crippen molar-refractivity contribution in [1.82, 2.24) is 0 Å². The SMILES string of the molecule is CSc1cccc(Nc2ccc(Br)cc2F)c1C(N)=S. The van der Waals surface area contributed by atoms with E-state index in [1.165, 1.54) is 6.07 Å². The van der Waals surface area contributed by atoms with Gasteiger partial charge in [-0.05, 0) is 36.6 Å². The van der Waals surface area contributed by atoms with Crippen LogP contribution in [0.2, 0.25) is 0 Å². The summed E-state index contributed by atoms with van der Waals surface area (Å²) in [4.78, 5) is 1.25. The lowest BCUT2D eigenvalue weighted by atomic mass is 10.1. The fourth-order valence-corrected chi connectivity index (χ4v) is 3.05. The van der Waals surface area contributed by atoms with E-state index in [2.05, 4.69) is 21.2 Å². The Balaban J connectivity index is 2.45. The van der Waals surface area contributed by atoms with Crippen LogP contribution in [-0.4, -0.2) is 11.2 Å². The van der Waals surface area contributed by atoms with Gasteiger partial charge in [0.05, 0.1) is 5.69 Å². The molecule has 2 rings (SSSR count). The molecule has 0 aliphatic carbocycles. The van der Waals surface area contributed by atoms with Crippen LogP contribution in [-0.2, 0) is 0 Å². The number of thioether (sulfide) groups is 1. The molecule has 0 aromatic heterocycles. The molecule has 20 heavy (non-hydrogen) atoms. The Morgan fingerprint density at radius 2 is 2.05 bits per heavy atom. The highest BCUT2D eigenvalue weighted by Crippen LogP contribution is 2.30. The summed E-state index contributed by atoms with van der Waals surface area (Å²) in [6.07, 6.45) is 1.95. The zero-order chi connectivity index (χ0) is 14.7. The Morgan fingerprint density at radius 3 is 2.65 bits per heavy atom. The van der Waals surface area contributed by atoms with Gasteiger partial charge in [0, 0.05) is 20.6 Å². The molecule has 0 unspecified atom stereocenters. The zero-order valence-corrected chi connectivity index (χ0v) is 13.8. The van der Waals surface area contributed by atoms with Gasteiger partial charge in [-0.3, -0.25) is 0 Å². The first-order chi connectivity index (χ1) is 9.52. The lowest BCUT2D eigenvalue weighted by Gasteiger charge is -2.14. The first-order valence-electron chi connectivity index (χ1n) is 5.72. The second-order valence-electron chi connectivity index (χ2n) is 4.00. The van der Waals surface area contributed by atoms with Crippen LogP contribution in [0.1, 0.15) is 5.56 Å². The third kappa shape index (κ3) is 3.31. The molecule has 0 heterocycles. The van der Waals surface area contributed by atoms with Crippen molar-refractivity contribution in [3.63, 3.8) is 0 Å². The molecule has 0 aliphatic rings. The average molecular weight is 371 g/mol. The summed E-state index contributed by atoms with van der Waals surface area (Å²) < 4.78 is 14.6. The highest BCUT2D eigenvalue weighted by Gasteiger charge is 2.12. The summed E-state index contributed by atoms with van der Waals surface area (Å²) in [5, 5.41) is 3.05. The van der Waals surface area contributed by atoms with Gasteiger partial charge in [-0.15, -0.1) is 11.8 Å². The summed E-state index contributed by atoms with van der Waals surface area (Å²) in [5.41, 5.74) is 7.60. The van der Waals surface area contributed by atoms with Gasteiger partial charge in [0.2, 0.25) is 0 Å². The molecule has 0 saturated heterocycles. The van der Waals surface area contributed by atoms with Gasteiger partial charge in [-0.25, -0.2) is 4.39 Å². The molecule has 0 amide bonds. The molecular weight excluding hydrogens is 359 g/mol. The van der Waals surface area contributed by atoms with Crippen molar-refractivity contribution in [3.8, 4) is 0 Å². The van der Waals surface area contributed by atoms with Crippen LogP contribution < -0.4 is 11.1 Å². The zero-order valence-electron chi connectivity index (χ0n) is 10.6. The lowest BCUT2D eigenvalue weighted by Crippen LogP contribution is -2.13. The third-order valence-corrected chi connectivity index (χ3v) is 4.17. The van der Waals surface area contributed by atoms with Crippen LogP contribution in [0.15, 0.2) is 45.8 Å². The van der Waals surface area contributed by atoms with E-state index in [1.807, 2.05) is 24.5 Å². The molecule has 0 bridgehead atoms. The quantitative estimate of drug-likeness (QED) is 0.604. The number of hydrogen-bond acceptors (Lipinski definition) is 3. The predicted octanol–water partition coefficient (Wildman–Crippen LogP) is 4.69. The molecule has 0 saturated carbocycles. The molecule has 0 spiro atoms. The third-order valence-electron chi connectivity index (χ3n) is 2.69. The Bertz CT molecular complexity index is 662. The highest BCUT2D eigenvalue weighted by molar-refractivity contribution is 9.10. The van der Waals surface area contributed by atoms with Crippen molar-refractivity contribution in [2.75, 3.05) is 11.6 Å². The smallest absolute Gasteiger partial charge is 0.147 e. The number of anilines is 2. The predicted molar refractivity (Wildman–Crippen MR) is 91.5 cm³/mol. The molecule has 6 heteroatoms. The minimum absolute atomic E-state index is 0.287. The molecule has 2 aromatic rings. The molecule has 104 valence electrons. The summed E-state index contributed by atoms with van der Waals surface area (Å²) in [6.45, 7) is 0. The second kappa shape index (κ2) is 6.56. The standard InChI is InChI=1S/C14H12BrFN2S2/c1-20-12-4-2-3-11(13(12)14(17)19)18-10-6-5-8(15)7-9(10)16/h2-7,18H,1H3,(H2,17,19). The Labute approximate surface area is 135 Å². The minimum Gasteiger partial charge on any atom is -0.389 e. The topological polar surface area (TPSA) is 38.0 Å². The van der Waals surface area contributed by atoms with E-state index in [0.29, 0.717) is 15.8 Å². The largest absolute Gasteiger partial charge is 0.389 e. The van der Waals surface area contributed by atoms with E-state index in [0.717, 1.165) is 10.5 Å². The Hall–Kier alpha value is -1.11. The van der Waals surface area contributed by atoms with Gasteiger partial charge >= 0.3 is 0 Å². The number of rotatable bonds is 4. The number of halogens is 2. The van der Waals surface area contributed by atoms with E-state index in [4.69, 9.17) is 18.0 Å². The number of benzene rings is 2. The molecule has 0 radical (unpaired) electrons. The van der Waals surface area contributed by atoms with Crippen molar-refractivity contribution in [2.45, 2.75) is 4.90 Å². The summed E-state index contributed by atoms with van der Waals surface area (Å²) in [7, 11) is 0. The van der Waals surface area contributed by atoms with Crippen LogP contribution in [0.5, 0.6) is 0 Å². The molecule has 2 nitrogen and oxygen atoms in total. The van der Waals surface area contributed by atoms with Crippen molar-refractivity contribution in [3.05, 3.63) is 52.3 Å². The second-order valence-corrected chi connectivity index (χ2v) is 6.20. The van der Waals surface area contributed by atoms with Crippen molar-refractivity contribution < 1.29 is 4.39 Å². The summed E-state index contributed by atoms with van der Waals surface area (Å²) >= 11 is 9.87. The maximum Gasteiger partial charge on any atom is 0.147 e. The van der Waals surface area contributed by atoms with Gasteiger partial charge in [0.25, 0.3) is 0 Å². The van der Waals surface area contributed by atoms with E-state index >= 15 is 0 Å². The van der Waals surface area contributed by atoms with Gasteiger partial charge < -0.3 is 11.1 Å². The van der Waals surface area contributed by atoms with Gasteiger partial charge in [-0.2, -0.15) is 0 Å². The number of nitrogens with two attached hydrogens (primary N) is 1. The van der Waals surface area contributed by atoms with E-state index in [1.54, 1.807) is 23.9 Å². The first-order valence-corrected chi connectivity index (χ1v) is 8.14. The van der Waals surface area contributed by atoms with Crippen LogP contribution >= 0.6 is 39.9 Å². The van der Waals surface area contributed by atoms with Crippen LogP contribution in [0.25, 0.3) is 0 Å². The first kappa shape index (κ1) is 15.3. The van der Waals surface area contributed by atoms with E-state index < -0.39 is 0 Å². The van der Waals surface area contributed by atoms with Crippen molar-refractivity contribution in [2.24, 2.45) is 5.73 Å². The van der Waals surface area contributed by atoms with Crippen LogP contribution in [0, 0.1) is 5.82 Å². The average Bonchev–Trinajstić information content (AvgIpc) is 2.41. The van der Waals surface area contributed by atoms with Gasteiger partial charge in [0.1, 0.15) is 10.8 Å². The molecule has 2 aromatic carbocycles. The Morgan fingerprint density at radius 1 is 1.30 bits per heavy atom. The van der Waals surface area contributed by atoms with Crippen molar-refractivity contribution in [1.29, 1.82) is 0 Å². The minimum atomic E-state index is -0.345. The Kier molecular flexibility index (Phi) is 5.01.